The molecule has 0 radical (unpaired) electrons. The van der Waals surface area contributed by atoms with E-state index in [-0.39, 0.29) is 24.7 Å². The van der Waals surface area contributed by atoms with Crippen LogP contribution in [0.15, 0.2) is 42.6 Å². The van der Waals surface area contributed by atoms with E-state index in [4.69, 9.17) is 10.5 Å². The molecule has 1 aromatic carbocycles. The smallest absolute Gasteiger partial charge is 0.228 e. The van der Waals surface area contributed by atoms with E-state index in [9.17, 15) is 4.79 Å². The second kappa shape index (κ2) is 9.00. The number of ether oxygens (including phenoxy) is 1. The number of likely N-dealkylation sites (N-methyl/N-ethyl adjacent to an activating group) is 1. The van der Waals surface area contributed by atoms with E-state index in [1.54, 1.807) is 30.3 Å². The predicted octanol–water partition coefficient (Wildman–Crippen LogP) is 2.69. The maximum atomic E-state index is 12.4. The standard InChI is InChI=1S/C17H21N3O2.ClH/c1-3-20(12-13-4-8-16(22-2)9-5-13)17(21)10-15-7-6-14(18)11-19-15;/h4-9,11H,3,10,12,18H2,1-2H3;1H. The molecule has 0 saturated carbocycles. The molecule has 0 aliphatic rings. The number of benzene rings is 1. The van der Waals surface area contributed by atoms with E-state index in [1.165, 1.54) is 0 Å². The molecule has 0 spiro atoms. The van der Waals surface area contributed by atoms with Gasteiger partial charge in [0.1, 0.15) is 5.75 Å². The average Bonchev–Trinajstić information content (AvgIpc) is 2.55. The van der Waals surface area contributed by atoms with Crippen molar-refractivity contribution in [1.82, 2.24) is 9.88 Å². The summed E-state index contributed by atoms with van der Waals surface area (Å²) >= 11 is 0. The van der Waals surface area contributed by atoms with Crippen LogP contribution in [0.2, 0.25) is 0 Å². The first-order valence-corrected chi connectivity index (χ1v) is 7.23. The number of amides is 1. The number of aromatic nitrogens is 1. The Morgan fingerprint density at radius 1 is 1.22 bits per heavy atom. The van der Waals surface area contributed by atoms with E-state index in [1.807, 2.05) is 31.2 Å². The molecule has 124 valence electrons. The fourth-order valence-corrected chi connectivity index (χ4v) is 2.13. The first-order chi connectivity index (χ1) is 10.6. The van der Waals surface area contributed by atoms with Crippen molar-refractivity contribution in [3.05, 3.63) is 53.9 Å². The summed E-state index contributed by atoms with van der Waals surface area (Å²) in [6, 6.07) is 11.3. The summed E-state index contributed by atoms with van der Waals surface area (Å²) < 4.78 is 5.14. The van der Waals surface area contributed by atoms with Crippen LogP contribution in [0, 0.1) is 0 Å². The number of nitrogens with zero attached hydrogens (tertiary/aromatic N) is 2. The number of rotatable bonds is 6. The minimum Gasteiger partial charge on any atom is -0.497 e. The van der Waals surface area contributed by atoms with Gasteiger partial charge in [-0.05, 0) is 36.8 Å². The first-order valence-electron chi connectivity index (χ1n) is 7.23. The second-order valence-corrected chi connectivity index (χ2v) is 5.02. The summed E-state index contributed by atoms with van der Waals surface area (Å²) in [6.45, 7) is 3.20. The van der Waals surface area contributed by atoms with Crippen LogP contribution in [0.25, 0.3) is 0 Å². The Morgan fingerprint density at radius 2 is 1.91 bits per heavy atom. The third kappa shape index (κ3) is 5.45. The number of hydrogen-bond donors (Lipinski definition) is 1. The molecule has 0 aliphatic carbocycles. The topological polar surface area (TPSA) is 68.5 Å². The van der Waals surface area contributed by atoms with Crippen LogP contribution in [-0.2, 0) is 17.8 Å². The van der Waals surface area contributed by atoms with Crippen LogP contribution in [0.3, 0.4) is 0 Å². The molecule has 6 heteroatoms. The Hall–Kier alpha value is -2.27. The number of nitrogens with two attached hydrogens (primary N) is 1. The number of hydrogen-bond acceptors (Lipinski definition) is 4. The fraction of sp³-hybridized carbons (Fsp3) is 0.294. The van der Waals surface area contributed by atoms with Gasteiger partial charge in [-0.1, -0.05) is 12.1 Å². The summed E-state index contributed by atoms with van der Waals surface area (Å²) in [5.41, 5.74) is 8.00. The monoisotopic (exact) mass is 335 g/mol. The van der Waals surface area contributed by atoms with Gasteiger partial charge in [-0.15, -0.1) is 12.4 Å². The molecule has 0 fully saturated rings. The number of nitrogen functional groups attached to an aromatic ring is 1. The number of halogens is 1. The van der Waals surface area contributed by atoms with Crippen LogP contribution in [0.5, 0.6) is 5.75 Å². The SMILES string of the molecule is CCN(Cc1ccc(OC)cc1)C(=O)Cc1ccc(N)cn1.Cl. The summed E-state index contributed by atoms with van der Waals surface area (Å²) in [6.07, 6.45) is 1.85. The Kier molecular flexibility index (Phi) is 7.35. The molecule has 0 bridgehead atoms. The lowest BCUT2D eigenvalue weighted by Gasteiger charge is -2.21. The lowest BCUT2D eigenvalue weighted by Crippen LogP contribution is -2.31. The van der Waals surface area contributed by atoms with Crippen LogP contribution >= 0.6 is 12.4 Å². The Balaban J connectivity index is 0.00000264. The first kappa shape index (κ1) is 18.8. The molecule has 1 aromatic heterocycles. The molecule has 23 heavy (non-hydrogen) atoms. The van der Waals surface area contributed by atoms with Gasteiger partial charge in [-0.2, -0.15) is 0 Å². The van der Waals surface area contributed by atoms with E-state index >= 15 is 0 Å². The molecule has 0 atom stereocenters. The van der Waals surface area contributed by atoms with Gasteiger partial charge in [-0.3, -0.25) is 9.78 Å². The van der Waals surface area contributed by atoms with E-state index < -0.39 is 0 Å². The molecule has 0 unspecified atom stereocenters. The Labute approximate surface area is 142 Å². The molecule has 0 aliphatic heterocycles. The van der Waals surface area contributed by atoms with E-state index in [0.29, 0.717) is 18.8 Å². The zero-order valence-electron chi connectivity index (χ0n) is 13.4. The lowest BCUT2D eigenvalue weighted by molar-refractivity contribution is -0.130. The van der Waals surface area contributed by atoms with Gasteiger partial charge in [-0.25, -0.2) is 0 Å². The zero-order chi connectivity index (χ0) is 15.9. The average molecular weight is 336 g/mol. The summed E-state index contributed by atoms with van der Waals surface area (Å²) in [4.78, 5) is 18.4. The normalized spacial score (nSPS) is 9.83. The number of anilines is 1. The van der Waals surface area contributed by atoms with E-state index in [0.717, 1.165) is 17.0 Å². The molecule has 0 saturated heterocycles. The largest absolute Gasteiger partial charge is 0.497 e. The highest BCUT2D eigenvalue weighted by Crippen LogP contribution is 2.13. The van der Waals surface area contributed by atoms with Crippen molar-refractivity contribution in [2.24, 2.45) is 0 Å². The molecular formula is C17H22ClN3O2. The molecule has 1 amide bonds. The molecule has 2 aromatic rings. The van der Waals surface area contributed by atoms with Gasteiger partial charge in [0.05, 0.1) is 25.4 Å². The van der Waals surface area contributed by atoms with Crippen LogP contribution in [0.1, 0.15) is 18.2 Å². The number of pyridine rings is 1. The minimum absolute atomic E-state index is 0. The van der Waals surface area contributed by atoms with Crippen molar-refractivity contribution < 1.29 is 9.53 Å². The number of methoxy groups -OCH3 is 1. The van der Waals surface area contributed by atoms with Gasteiger partial charge in [0, 0.05) is 18.8 Å². The zero-order valence-corrected chi connectivity index (χ0v) is 14.2. The summed E-state index contributed by atoms with van der Waals surface area (Å²) in [5, 5.41) is 0. The summed E-state index contributed by atoms with van der Waals surface area (Å²) in [7, 11) is 1.64. The molecular weight excluding hydrogens is 314 g/mol. The van der Waals surface area contributed by atoms with Gasteiger partial charge in [0.2, 0.25) is 5.91 Å². The lowest BCUT2D eigenvalue weighted by atomic mass is 10.2. The summed E-state index contributed by atoms with van der Waals surface area (Å²) in [5.74, 6) is 0.861. The van der Waals surface area contributed by atoms with Crippen molar-refractivity contribution in [3.63, 3.8) is 0 Å². The van der Waals surface area contributed by atoms with Crippen molar-refractivity contribution >= 4 is 24.0 Å². The Morgan fingerprint density at radius 3 is 2.43 bits per heavy atom. The van der Waals surface area contributed by atoms with E-state index in [2.05, 4.69) is 4.98 Å². The maximum absolute atomic E-state index is 12.4. The highest BCUT2D eigenvalue weighted by atomic mass is 35.5. The molecule has 5 nitrogen and oxygen atoms in total. The van der Waals surface area contributed by atoms with Gasteiger partial charge >= 0.3 is 0 Å². The second-order valence-electron chi connectivity index (χ2n) is 5.02. The van der Waals surface area contributed by atoms with Crippen LogP contribution in [0.4, 0.5) is 5.69 Å². The third-order valence-electron chi connectivity index (χ3n) is 3.45. The van der Waals surface area contributed by atoms with Gasteiger partial charge in [0.15, 0.2) is 0 Å². The molecule has 1 heterocycles. The van der Waals surface area contributed by atoms with Crippen molar-refractivity contribution in [2.75, 3.05) is 19.4 Å². The van der Waals surface area contributed by atoms with Gasteiger partial charge < -0.3 is 15.4 Å². The Bertz CT molecular complexity index is 615. The number of carbonyl (C=O) groups is 1. The van der Waals surface area contributed by atoms with Gasteiger partial charge in [0.25, 0.3) is 0 Å². The minimum atomic E-state index is 0. The van der Waals surface area contributed by atoms with Crippen LogP contribution < -0.4 is 10.5 Å². The predicted molar refractivity (Wildman–Crippen MR) is 93.7 cm³/mol. The highest BCUT2D eigenvalue weighted by Gasteiger charge is 2.13. The maximum Gasteiger partial charge on any atom is 0.228 e. The third-order valence-corrected chi connectivity index (χ3v) is 3.45. The fourth-order valence-electron chi connectivity index (χ4n) is 2.13. The van der Waals surface area contributed by atoms with Crippen molar-refractivity contribution in [1.29, 1.82) is 0 Å². The van der Waals surface area contributed by atoms with Crippen molar-refractivity contribution in [2.45, 2.75) is 19.9 Å². The highest BCUT2D eigenvalue weighted by molar-refractivity contribution is 5.85. The molecule has 2 rings (SSSR count). The van der Waals surface area contributed by atoms with Crippen molar-refractivity contribution in [3.8, 4) is 5.75 Å². The quantitative estimate of drug-likeness (QED) is 0.881. The van der Waals surface area contributed by atoms with Crippen LogP contribution in [-0.4, -0.2) is 29.4 Å². The number of carbonyl (C=O) groups excluding carboxylic acids is 1. The molecule has 2 N–H and O–H groups in total.